The molecule has 5 heteroatoms. The van der Waals surface area contributed by atoms with Crippen molar-refractivity contribution < 1.29 is 19.4 Å². The van der Waals surface area contributed by atoms with Crippen molar-refractivity contribution in [1.29, 1.82) is 0 Å². The number of amides is 1. The van der Waals surface area contributed by atoms with Gasteiger partial charge in [-0.25, -0.2) is 4.79 Å². The zero-order valence-corrected chi connectivity index (χ0v) is 12.5. The Labute approximate surface area is 124 Å². The first-order valence-electron chi connectivity index (χ1n) is 6.80. The van der Waals surface area contributed by atoms with Crippen LogP contribution in [-0.2, 0) is 14.3 Å². The highest BCUT2D eigenvalue weighted by molar-refractivity contribution is 5.85. The second-order valence-electron chi connectivity index (χ2n) is 4.99. The molecule has 0 spiro atoms. The van der Waals surface area contributed by atoms with Crippen LogP contribution in [0.2, 0.25) is 0 Å². The van der Waals surface area contributed by atoms with Crippen LogP contribution in [0.4, 0.5) is 0 Å². The Morgan fingerprint density at radius 2 is 2.05 bits per heavy atom. The van der Waals surface area contributed by atoms with E-state index in [1.54, 1.807) is 6.07 Å². The molecule has 0 fully saturated rings. The normalized spacial score (nSPS) is 12.6. The molecule has 1 unspecified atom stereocenters. The first-order valence-corrected chi connectivity index (χ1v) is 6.80. The largest absolute Gasteiger partial charge is 0.478 e. The predicted octanol–water partition coefficient (Wildman–Crippen LogP) is 2.39. The molecule has 21 heavy (non-hydrogen) atoms. The first kappa shape index (κ1) is 16.9. The number of aliphatic carboxylic acids is 1. The van der Waals surface area contributed by atoms with Gasteiger partial charge in [0.15, 0.2) is 0 Å². The smallest absolute Gasteiger partial charge is 0.328 e. The van der Waals surface area contributed by atoms with Gasteiger partial charge in [0.25, 0.3) is 0 Å². The summed E-state index contributed by atoms with van der Waals surface area (Å²) in [4.78, 5) is 22.2. The van der Waals surface area contributed by atoms with Crippen molar-refractivity contribution in [3.63, 3.8) is 0 Å². The molecule has 1 atom stereocenters. The third-order valence-corrected chi connectivity index (χ3v) is 2.75. The second kappa shape index (κ2) is 8.21. The molecule has 2 N–H and O–H groups in total. The summed E-state index contributed by atoms with van der Waals surface area (Å²) in [6.07, 6.45) is 2.61. The number of carbonyl (C=O) groups is 2. The highest BCUT2D eigenvalue weighted by atomic mass is 16.5. The number of benzene rings is 1. The molecule has 1 amide bonds. The van der Waals surface area contributed by atoms with Gasteiger partial charge in [-0.1, -0.05) is 18.2 Å². The Hall–Kier alpha value is -2.14. The summed E-state index contributed by atoms with van der Waals surface area (Å²) in [5, 5.41) is 11.5. The lowest BCUT2D eigenvalue weighted by Crippen LogP contribution is -2.31. The first-order chi connectivity index (χ1) is 9.88. The third-order valence-electron chi connectivity index (χ3n) is 2.75. The van der Waals surface area contributed by atoms with Crippen LogP contribution in [0, 0.1) is 0 Å². The Bertz CT molecular complexity index is 523. The maximum atomic E-state index is 11.7. The van der Waals surface area contributed by atoms with E-state index in [4.69, 9.17) is 9.84 Å². The molecular weight excluding hydrogens is 270 g/mol. The molecule has 0 aliphatic heterocycles. The standard InChI is InChI=1S/C16H21NO4/c1-11(2)21-10-15(18)17-12(3)14-6-4-5-13(9-14)7-8-16(19)20/h4-9,11-12H,10H2,1-3H3,(H,17,18)(H,19,20)/b8-7+. The lowest BCUT2D eigenvalue weighted by Gasteiger charge is -2.15. The minimum atomic E-state index is -0.993. The van der Waals surface area contributed by atoms with E-state index in [1.807, 2.05) is 39.0 Å². The highest BCUT2D eigenvalue weighted by Gasteiger charge is 2.10. The summed E-state index contributed by atoms with van der Waals surface area (Å²) in [5.74, 6) is -1.17. The third kappa shape index (κ3) is 6.72. The van der Waals surface area contributed by atoms with Gasteiger partial charge in [-0.3, -0.25) is 4.79 Å². The second-order valence-corrected chi connectivity index (χ2v) is 4.99. The number of ether oxygens (including phenoxy) is 1. The van der Waals surface area contributed by atoms with E-state index < -0.39 is 5.97 Å². The average molecular weight is 291 g/mol. The van der Waals surface area contributed by atoms with E-state index in [9.17, 15) is 9.59 Å². The number of nitrogens with one attached hydrogen (secondary N) is 1. The summed E-state index contributed by atoms with van der Waals surface area (Å²) >= 11 is 0. The molecule has 0 radical (unpaired) electrons. The topological polar surface area (TPSA) is 75.6 Å². The Morgan fingerprint density at radius 1 is 1.33 bits per heavy atom. The van der Waals surface area contributed by atoms with Crippen LogP contribution in [0.1, 0.15) is 37.9 Å². The lowest BCUT2D eigenvalue weighted by molar-refractivity contribution is -0.131. The lowest BCUT2D eigenvalue weighted by atomic mass is 10.0. The van der Waals surface area contributed by atoms with Crippen molar-refractivity contribution in [3.05, 3.63) is 41.5 Å². The van der Waals surface area contributed by atoms with E-state index in [0.29, 0.717) is 0 Å². The quantitative estimate of drug-likeness (QED) is 0.756. The number of carboxylic acid groups (broad SMARTS) is 1. The molecule has 0 aromatic heterocycles. The van der Waals surface area contributed by atoms with Crippen LogP contribution in [0.25, 0.3) is 6.08 Å². The summed E-state index contributed by atoms with van der Waals surface area (Å²) in [7, 11) is 0. The van der Waals surface area contributed by atoms with E-state index in [2.05, 4.69) is 5.32 Å². The van der Waals surface area contributed by atoms with Crippen LogP contribution < -0.4 is 5.32 Å². The molecule has 1 aromatic rings. The number of hydrogen-bond acceptors (Lipinski definition) is 3. The van der Waals surface area contributed by atoms with Crippen molar-refractivity contribution in [2.45, 2.75) is 32.9 Å². The van der Waals surface area contributed by atoms with Gasteiger partial charge in [-0.15, -0.1) is 0 Å². The van der Waals surface area contributed by atoms with Crippen LogP contribution in [0.3, 0.4) is 0 Å². The SMILES string of the molecule is CC(C)OCC(=O)NC(C)c1cccc(/C=C/C(=O)O)c1. The van der Waals surface area contributed by atoms with Gasteiger partial charge in [-0.05, 0) is 44.0 Å². The summed E-state index contributed by atoms with van der Waals surface area (Å²) in [6.45, 7) is 5.64. The van der Waals surface area contributed by atoms with Crippen LogP contribution in [0.15, 0.2) is 30.3 Å². The number of carboxylic acids is 1. The Kier molecular flexibility index (Phi) is 6.62. The Morgan fingerprint density at radius 3 is 2.67 bits per heavy atom. The highest BCUT2D eigenvalue weighted by Crippen LogP contribution is 2.15. The molecule has 5 nitrogen and oxygen atoms in total. The molecule has 1 rings (SSSR count). The van der Waals surface area contributed by atoms with E-state index in [0.717, 1.165) is 17.2 Å². The van der Waals surface area contributed by atoms with E-state index in [-0.39, 0.29) is 24.7 Å². The summed E-state index contributed by atoms with van der Waals surface area (Å²) < 4.78 is 5.24. The molecule has 0 bridgehead atoms. The Balaban J connectivity index is 2.65. The van der Waals surface area contributed by atoms with Crippen molar-refractivity contribution in [2.24, 2.45) is 0 Å². The van der Waals surface area contributed by atoms with E-state index in [1.165, 1.54) is 6.08 Å². The minimum absolute atomic E-state index is 0.00976. The predicted molar refractivity (Wildman–Crippen MR) is 80.8 cm³/mol. The number of carbonyl (C=O) groups excluding carboxylic acids is 1. The fourth-order valence-electron chi connectivity index (χ4n) is 1.71. The van der Waals surface area contributed by atoms with Crippen molar-refractivity contribution in [3.8, 4) is 0 Å². The molecule has 0 saturated heterocycles. The molecule has 0 aliphatic rings. The van der Waals surface area contributed by atoms with Gasteiger partial charge < -0.3 is 15.2 Å². The number of rotatable bonds is 7. The summed E-state index contributed by atoms with van der Waals surface area (Å²) in [5.41, 5.74) is 1.68. The van der Waals surface area contributed by atoms with E-state index >= 15 is 0 Å². The monoisotopic (exact) mass is 291 g/mol. The van der Waals surface area contributed by atoms with Crippen molar-refractivity contribution >= 4 is 18.0 Å². The van der Waals surface area contributed by atoms with Crippen LogP contribution in [-0.4, -0.2) is 29.7 Å². The van der Waals surface area contributed by atoms with Gasteiger partial charge in [0.1, 0.15) is 6.61 Å². The van der Waals surface area contributed by atoms with Crippen molar-refractivity contribution in [2.75, 3.05) is 6.61 Å². The maximum Gasteiger partial charge on any atom is 0.328 e. The van der Waals surface area contributed by atoms with Gasteiger partial charge in [0, 0.05) is 6.08 Å². The molecule has 0 saturated carbocycles. The zero-order valence-electron chi connectivity index (χ0n) is 12.5. The average Bonchev–Trinajstić information content (AvgIpc) is 2.43. The molecule has 0 aliphatic carbocycles. The zero-order chi connectivity index (χ0) is 15.8. The van der Waals surface area contributed by atoms with Crippen LogP contribution in [0.5, 0.6) is 0 Å². The maximum absolute atomic E-state index is 11.7. The molecule has 0 heterocycles. The van der Waals surface area contributed by atoms with Gasteiger partial charge in [-0.2, -0.15) is 0 Å². The number of hydrogen-bond donors (Lipinski definition) is 2. The molecule has 114 valence electrons. The minimum Gasteiger partial charge on any atom is -0.478 e. The van der Waals surface area contributed by atoms with Gasteiger partial charge in [0.05, 0.1) is 12.1 Å². The molecule has 1 aromatic carbocycles. The van der Waals surface area contributed by atoms with Gasteiger partial charge in [0.2, 0.25) is 5.91 Å². The summed E-state index contributed by atoms with van der Waals surface area (Å²) in [6, 6.07) is 7.18. The fourth-order valence-corrected chi connectivity index (χ4v) is 1.71. The fraction of sp³-hybridized carbons (Fsp3) is 0.375. The molecular formula is C16H21NO4. The van der Waals surface area contributed by atoms with Crippen molar-refractivity contribution in [1.82, 2.24) is 5.32 Å². The van der Waals surface area contributed by atoms with Crippen LogP contribution >= 0.6 is 0 Å². The van der Waals surface area contributed by atoms with Gasteiger partial charge >= 0.3 is 5.97 Å².